The molecule has 1 saturated heterocycles. The minimum atomic E-state index is 0.162. The van der Waals surface area contributed by atoms with Crippen molar-refractivity contribution in [2.75, 3.05) is 19.6 Å². The third-order valence-corrected chi connectivity index (χ3v) is 6.95. The fourth-order valence-corrected chi connectivity index (χ4v) is 4.96. The van der Waals surface area contributed by atoms with Gasteiger partial charge < -0.3 is 10.6 Å². The van der Waals surface area contributed by atoms with Gasteiger partial charge in [0.1, 0.15) is 0 Å². The van der Waals surface area contributed by atoms with E-state index in [4.69, 9.17) is 0 Å². The SMILES string of the molecule is O=C(NCC1(c2cccc(Br)c2)CCC1)C1CC12CCNCC2. The van der Waals surface area contributed by atoms with E-state index in [1.165, 1.54) is 37.7 Å². The van der Waals surface area contributed by atoms with E-state index in [1.54, 1.807) is 0 Å². The first-order valence-corrected chi connectivity index (χ1v) is 9.68. The summed E-state index contributed by atoms with van der Waals surface area (Å²) >= 11 is 3.58. The maximum absolute atomic E-state index is 12.6. The number of nitrogens with one attached hydrogen (secondary N) is 2. The average molecular weight is 377 g/mol. The molecule has 1 spiro atoms. The first kappa shape index (κ1) is 15.6. The van der Waals surface area contributed by atoms with Gasteiger partial charge in [0.05, 0.1) is 0 Å². The highest BCUT2D eigenvalue weighted by molar-refractivity contribution is 9.10. The second-order valence-corrected chi connectivity index (χ2v) is 8.65. The first-order chi connectivity index (χ1) is 11.1. The first-order valence-electron chi connectivity index (χ1n) is 8.88. The molecule has 23 heavy (non-hydrogen) atoms. The molecule has 0 bridgehead atoms. The van der Waals surface area contributed by atoms with Gasteiger partial charge in [-0.3, -0.25) is 4.79 Å². The number of rotatable bonds is 4. The molecule has 3 aliphatic rings. The summed E-state index contributed by atoms with van der Waals surface area (Å²) in [5.74, 6) is 0.567. The van der Waals surface area contributed by atoms with Crippen LogP contribution < -0.4 is 10.6 Å². The van der Waals surface area contributed by atoms with E-state index in [-0.39, 0.29) is 11.3 Å². The zero-order chi connectivity index (χ0) is 15.9. The molecule has 2 N–H and O–H groups in total. The summed E-state index contributed by atoms with van der Waals surface area (Å²) in [4.78, 5) is 12.6. The molecule has 1 aromatic rings. The number of hydrogen-bond donors (Lipinski definition) is 2. The Morgan fingerprint density at radius 1 is 1.26 bits per heavy atom. The lowest BCUT2D eigenvalue weighted by molar-refractivity contribution is -0.123. The summed E-state index contributed by atoms with van der Waals surface area (Å²) < 4.78 is 1.13. The van der Waals surface area contributed by atoms with Gasteiger partial charge in [0, 0.05) is 22.4 Å². The van der Waals surface area contributed by atoms with Crippen LogP contribution in [0.1, 0.15) is 44.1 Å². The third kappa shape index (κ3) is 2.85. The highest BCUT2D eigenvalue weighted by Gasteiger charge is 2.57. The largest absolute Gasteiger partial charge is 0.355 e. The molecule has 2 saturated carbocycles. The molecule has 2 aliphatic carbocycles. The molecule has 124 valence electrons. The Morgan fingerprint density at radius 3 is 2.70 bits per heavy atom. The number of amides is 1. The van der Waals surface area contributed by atoms with Gasteiger partial charge >= 0.3 is 0 Å². The number of halogens is 1. The second kappa shape index (κ2) is 5.89. The molecule has 3 fully saturated rings. The van der Waals surface area contributed by atoms with Gasteiger partial charge in [0.2, 0.25) is 5.91 Å². The normalized spacial score (nSPS) is 27.3. The molecule has 0 radical (unpaired) electrons. The van der Waals surface area contributed by atoms with Gasteiger partial charge in [-0.25, -0.2) is 0 Å². The van der Waals surface area contributed by atoms with Crippen LogP contribution in [-0.2, 0) is 10.2 Å². The molecule has 1 amide bonds. The molecule has 1 unspecified atom stereocenters. The van der Waals surface area contributed by atoms with Gasteiger partial charge in [-0.1, -0.05) is 34.5 Å². The van der Waals surface area contributed by atoms with E-state index in [9.17, 15) is 4.79 Å². The van der Waals surface area contributed by atoms with Gasteiger partial charge in [0.25, 0.3) is 0 Å². The van der Waals surface area contributed by atoms with Crippen LogP contribution in [0, 0.1) is 11.3 Å². The Morgan fingerprint density at radius 2 is 2.04 bits per heavy atom. The van der Waals surface area contributed by atoms with Crippen LogP contribution in [0.15, 0.2) is 28.7 Å². The lowest BCUT2D eigenvalue weighted by Crippen LogP contribution is -2.46. The molecule has 1 atom stereocenters. The Kier molecular flexibility index (Phi) is 4.01. The molecule has 0 aromatic heterocycles. The zero-order valence-corrected chi connectivity index (χ0v) is 15.1. The Bertz CT molecular complexity index is 605. The van der Waals surface area contributed by atoms with Crippen LogP contribution in [0.3, 0.4) is 0 Å². The van der Waals surface area contributed by atoms with Crippen LogP contribution in [0.4, 0.5) is 0 Å². The van der Waals surface area contributed by atoms with Crippen molar-refractivity contribution in [1.29, 1.82) is 0 Å². The molecule has 4 heteroatoms. The number of benzene rings is 1. The minimum Gasteiger partial charge on any atom is -0.355 e. The van der Waals surface area contributed by atoms with Crippen LogP contribution in [0.25, 0.3) is 0 Å². The summed E-state index contributed by atoms with van der Waals surface area (Å²) in [5.41, 5.74) is 1.86. The molecular formula is C19H25BrN2O. The zero-order valence-electron chi connectivity index (χ0n) is 13.5. The summed E-state index contributed by atoms with van der Waals surface area (Å²) in [6, 6.07) is 8.60. The van der Waals surface area contributed by atoms with Gasteiger partial charge in [-0.05, 0) is 68.3 Å². The van der Waals surface area contributed by atoms with Gasteiger partial charge in [-0.15, -0.1) is 0 Å². The second-order valence-electron chi connectivity index (χ2n) is 7.73. The molecule has 3 nitrogen and oxygen atoms in total. The van der Waals surface area contributed by atoms with Crippen molar-refractivity contribution in [3.63, 3.8) is 0 Å². The van der Waals surface area contributed by atoms with Crippen molar-refractivity contribution in [3.05, 3.63) is 34.3 Å². The number of carbonyl (C=O) groups is 1. The maximum Gasteiger partial charge on any atom is 0.223 e. The van der Waals surface area contributed by atoms with Crippen molar-refractivity contribution in [3.8, 4) is 0 Å². The maximum atomic E-state index is 12.6. The molecule has 1 aliphatic heterocycles. The Labute approximate surface area is 146 Å². The number of hydrogen-bond acceptors (Lipinski definition) is 2. The lowest BCUT2D eigenvalue weighted by atomic mass is 9.64. The van der Waals surface area contributed by atoms with Gasteiger partial charge in [-0.2, -0.15) is 0 Å². The molecule has 1 heterocycles. The van der Waals surface area contributed by atoms with E-state index in [1.807, 2.05) is 0 Å². The molecule has 1 aromatic carbocycles. The van der Waals surface area contributed by atoms with Crippen molar-refractivity contribution in [2.45, 2.75) is 43.9 Å². The van der Waals surface area contributed by atoms with Crippen LogP contribution >= 0.6 is 15.9 Å². The fourth-order valence-electron chi connectivity index (χ4n) is 4.56. The lowest BCUT2D eigenvalue weighted by Gasteiger charge is -2.42. The fraction of sp³-hybridized carbons (Fsp3) is 0.632. The van der Waals surface area contributed by atoms with E-state index < -0.39 is 0 Å². The molecule has 4 rings (SSSR count). The highest BCUT2D eigenvalue weighted by atomic mass is 79.9. The third-order valence-electron chi connectivity index (χ3n) is 6.45. The smallest absolute Gasteiger partial charge is 0.223 e. The summed E-state index contributed by atoms with van der Waals surface area (Å²) in [6.07, 6.45) is 7.07. The van der Waals surface area contributed by atoms with Crippen molar-refractivity contribution in [2.24, 2.45) is 11.3 Å². The standard InChI is InChI=1S/C19H25BrN2O/c20-15-4-1-3-14(11-15)19(5-2-6-19)13-22-17(23)16-12-18(16)7-9-21-10-8-18/h1,3-4,11,16,21H,2,5-10,12-13H2,(H,22,23). The van der Waals surface area contributed by atoms with Crippen molar-refractivity contribution >= 4 is 21.8 Å². The summed E-state index contributed by atoms with van der Waals surface area (Å²) in [7, 11) is 0. The van der Waals surface area contributed by atoms with Crippen LogP contribution in [-0.4, -0.2) is 25.5 Å². The van der Waals surface area contributed by atoms with Crippen LogP contribution in [0.2, 0.25) is 0 Å². The van der Waals surface area contributed by atoms with E-state index >= 15 is 0 Å². The Balaban J connectivity index is 1.39. The van der Waals surface area contributed by atoms with Crippen molar-refractivity contribution < 1.29 is 4.79 Å². The van der Waals surface area contributed by atoms with E-state index in [0.29, 0.717) is 11.3 Å². The molecular weight excluding hydrogens is 352 g/mol. The number of carbonyl (C=O) groups excluding carboxylic acids is 1. The van der Waals surface area contributed by atoms with E-state index in [0.717, 1.165) is 30.5 Å². The number of piperidine rings is 1. The van der Waals surface area contributed by atoms with Crippen LogP contribution in [0.5, 0.6) is 0 Å². The summed E-state index contributed by atoms with van der Waals surface area (Å²) in [6.45, 7) is 2.95. The topological polar surface area (TPSA) is 41.1 Å². The minimum absolute atomic E-state index is 0.162. The quantitative estimate of drug-likeness (QED) is 0.845. The predicted molar refractivity (Wildman–Crippen MR) is 95.3 cm³/mol. The average Bonchev–Trinajstić information content (AvgIpc) is 3.20. The monoisotopic (exact) mass is 376 g/mol. The van der Waals surface area contributed by atoms with Crippen molar-refractivity contribution in [1.82, 2.24) is 10.6 Å². The van der Waals surface area contributed by atoms with Gasteiger partial charge in [0.15, 0.2) is 0 Å². The summed E-state index contributed by atoms with van der Waals surface area (Å²) in [5, 5.41) is 6.71. The highest BCUT2D eigenvalue weighted by Crippen LogP contribution is 2.58. The van der Waals surface area contributed by atoms with E-state index in [2.05, 4.69) is 50.8 Å². The predicted octanol–water partition coefficient (Wildman–Crippen LogP) is 3.38. The Hall–Kier alpha value is -0.870.